The number of hydrogen-bond donors (Lipinski definition) is 2. The summed E-state index contributed by atoms with van der Waals surface area (Å²) in [7, 11) is 0. The molecule has 0 aliphatic heterocycles. The highest BCUT2D eigenvalue weighted by atomic mass is 127. The van der Waals surface area contributed by atoms with Crippen LogP contribution in [0.5, 0.6) is 0 Å². The quantitative estimate of drug-likeness (QED) is 0.771. The lowest BCUT2D eigenvalue weighted by Crippen LogP contribution is -2.19. The van der Waals surface area contributed by atoms with Gasteiger partial charge in [0.1, 0.15) is 5.69 Å². The predicted octanol–water partition coefficient (Wildman–Crippen LogP) is 3.30. The maximum Gasteiger partial charge on any atom is 0.276 e. The number of anilines is 2. The molecule has 5 nitrogen and oxygen atoms in total. The molecule has 1 aromatic carbocycles. The van der Waals surface area contributed by atoms with Gasteiger partial charge in [-0.25, -0.2) is 0 Å². The zero-order valence-corrected chi connectivity index (χ0v) is 14.0. The number of benzene rings is 1. The molecule has 1 aromatic heterocycles. The third kappa shape index (κ3) is 2.90. The summed E-state index contributed by atoms with van der Waals surface area (Å²) >= 11 is 8.01. The van der Waals surface area contributed by atoms with Crippen LogP contribution >= 0.6 is 34.2 Å². The van der Waals surface area contributed by atoms with E-state index >= 15 is 0 Å². The van der Waals surface area contributed by atoms with Gasteiger partial charge in [-0.05, 0) is 54.6 Å². The number of aryl methyl sites for hydroxylation is 2. The second-order valence-electron chi connectivity index (χ2n) is 4.24. The number of rotatable bonds is 3. The van der Waals surface area contributed by atoms with E-state index in [0.717, 1.165) is 3.57 Å². The highest BCUT2D eigenvalue weighted by Gasteiger charge is 2.19. The van der Waals surface area contributed by atoms with Gasteiger partial charge in [0.15, 0.2) is 0 Å². The molecule has 1 amide bonds. The highest BCUT2D eigenvalue weighted by molar-refractivity contribution is 14.1. The topological polar surface area (TPSA) is 72.9 Å². The van der Waals surface area contributed by atoms with Gasteiger partial charge in [-0.15, -0.1) is 0 Å². The van der Waals surface area contributed by atoms with Crippen molar-refractivity contribution in [3.8, 4) is 0 Å². The van der Waals surface area contributed by atoms with Gasteiger partial charge in [0, 0.05) is 15.1 Å². The van der Waals surface area contributed by atoms with Gasteiger partial charge in [-0.1, -0.05) is 11.6 Å². The van der Waals surface area contributed by atoms with Crippen LogP contribution in [-0.4, -0.2) is 15.7 Å². The van der Waals surface area contributed by atoms with Crippen LogP contribution in [0.1, 0.15) is 23.1 Å². The monoisotopic (exact) mass is 404 g/mol. The van der Waals surface area contributed by atoms with Crippen LogP contribution < -0.4 is 11.1 Å². The summed E-state index contributed by atoms with van der Waals surface area (Å²) in [6.07, 6.45) is 0. The SMILES string of the molecule is CCn1nc(C)c(N)c1C(=O)Nc1ccc(Cl)cc1I. The Morgan fingerprint density at radius 2 is 2.25 bits per heavy atom. The summed E-state index contributed by atoms with van der Waals surface area (Å²) in [5.74, 6) is -0.273. The molecule has 0 bridgehead atoms. The largest absolute Gasteiger partial charge is 0.395 e. The number of carbonyl (C=O) groups is 1. The Kier molecular flexibility index (Phi) is 4.54. The van der Waals surface area contributed by atoms with Crippen LogP contribution in [0.15, 0.2) is 18.2 Å². The van der Waals surface area contributed by atoms with Gasteiger partial charge in [0.05, 0.1) is 17.1 Å². The molecule has 20 heavy (non-hydrogen) atoms. The fraction of sp³-hybridized carbons (Fsp3) is 0.231. The Labute approximate surface area is 135 Å². The normalized spacial score (nSPS) is 10.6. The number of aromatic nitrogens is 2. The van der Waals surface area contributed by atoms with Crippen molar-refractivity contribution in [1.29, 1.82) is 0 Å². The number of halogens is 2. The Hall–Kier alpha value is -1.28. The van der Waals surface area contributed by atoms with E-state index in [9.17, 15) is 4.79 Å². The van der Waals surface area contributed by atoms with Crippen molar-refractivity contribution in [1.82, 2.24) is 9.78 Å². The van der Waals surface area contributed by atoms with Gasteiger partial charge in [-0.3, -0.25) is 9.48 Å². The van der Waals surface area contributed by atoms with Gasteiger partial charge >= 0.3 is 0 Å². The molecule has 0 aliphatic rings. The van der Waals surface area contributed by atoms with Crippen LogP contribution in [-0.2, 0) is 6.54 Å². The van der Waals surface area contributed by atoms with Gasteiger partial charge in [-0.2, -0.15) is 5.10 Å². The highest BCUT2D eigenvalue weighted by Crippen LogP contribution is 2.24. The minimum atomic E-state index is -0.273. The number of nitrogens with two attached hydrogens (primary N) is 1. The van der Waals surface area contributed by atoms with E-state index in [-0.39, 0.29) is 5.91 Å². The zero-order valence-electron chi connectivity index (χ0n) is 11.1. The smallest absolute Gasteiger partial charge is 0.276 e. The van der Waals surface area contributed by atoms with Crippen LogP contribution in [0.2, 0.25) is 5.02 Å². The van der Waals surface area contributed by atoms with E-state index in [1.54, 1.807) is 29.8 Å². The van der Waals surface area contributed by atoms with E-state index in [2.05, 4.69) is 33.0 Å². The first kappa shape index (κ1) is 15.1. The van der Waals surface area contributed by atoms with E-state index in [0.29, 0.717) is 34.3 Å². The zero-order chi connectivity index (χ0) is 14.9. The summed E-state index contributed by atoms with van der Waals surface area (Å²) < 4.78 is 2.46. The third-order valence-electron chi connectivity index (χ3n) is 2.87. The molecule has 3 N–H and O–H groups in total. The summed E-state index contributed by atoms with van der Waals surface area (Å²) in [5.41, 5.74) is 8.07. The Balaban J connectivity index is 2.33. The molecule has 2 rings (SSSR count). The first-order valence-corrected chi connectivity index (χ1v) is 7.49. The minimum absolute atomic E-state index is 0.273. The predicted molar refractivity (Wildman–Crippen MR) is 89.2 cm³/mol. The summed E-state index contributed by atoms with van der Waals surface area (Å²) in [4.78, 5) is 12.4. The lowest BCUT2D eigenvalue weighted by atomic mass is 10.2. The second-order valence-corrected chi connectivity index (χ2v) is 5.84. The average molecular weight is 405 g/mol. The standard InChI is InChI=1S/C13H14ClIN4O/c1-3-19-12(11(16)7(2)18-19)13(20)17-10-5-4-8(14)6-9(10)15/h4-6H,3,16H2,1-2H3,(H,17,20). The van der Waals surface area contributed by atoms with Crippen LogP contribution in [0.3, 0.4) is 0 Å². The van der Waals surface area contributed by atoms with Crippen molar-refractivity contribution in [3.63, 3.8) is 0 Å². The molecule has 0 fully saturated rings. The fourth-order valence-electron chi connectivity index (χ4n) is 1.84. The molecule has 0 radical (unpaired) electrons. The minimum Gasteiger partial charge on any atom is -0.395 e. The van der Waals surface area contributed by atoms with Gasteiger partial charge in [0.2, 0.25) is 0 Å². The molecule has 0 saturated heterocycles. The van der Waals surface area contributed by atoms with Crippen molar-refractivity contribution >= 4 is 51.5 Å². The maximum absolute atomic E-state index is 12.4. The van der Waals surface area contributed by atoms with Crippen molar-refractivity contribution in [2.75, 3.05) is 11.1 Å². The first-order chi connectivity index (χ1) is 9.43. The molecule has 106 valence electrons. The molecule has 2 aromatic rings. The van der Waals surface area contributed by atoms with Crippen molar-refractivity contribution in [2.45, 2.75) is 20.4 Å². The average Bonchev–Trinajstić information content (AvgIpc) is 2.68. The number of nitrogens with one attached hydrogen (secondary N) is 1. The molecule has 0 saturated carbocycles. The molecule has 0 unspecified atom stereocenters. The number of carbonyl (C=O) groups excluding carboxylic acids is 1. The Morgan fingerprint density at radius 3 is 2.85 bits per heavy atom. The van der Waals surface area contributed by atoms with Crippen molar-refractivity contribution in [3.05, 3.63) is 38.2 Å². The van der Waals surface area contributed by atoms with Crippen LogP contribution in [0.4, 0.5) is 11.4 Å². The molecular weight excluding hydrogens is 391 g/mol. The first-order valence-electron chi connectivity index (χ1n) is 6.03. The van der Waals surface area contributed by atoms with Gasteiger partial charge < -0.3 is 11.1 Å². The molecule has 0 spiro atoms. The maximum atomic E-state index is 12.4. The van der Waals surface area contributed by atoms with Gasteiger partial charge in [0.25, 0.3) is 5.91 Å². The third-order valence-corrected chi connectivity index (χ3v) is 4.00. The summed E-state index contributed by atoms with van der Waals surface area (Å²) in [6, 6.07) is 5.27. The van der Waals surface area contributed by atoms with Crippen LogP contribution in [0, 0.1) is 10.5 Å². The molecule has 0 atom stereocenters. The number of nitrogen functional groups attached to an aromatic ring is 1. The molecular formula is C13H14ClIN4O. The fourth-order valence-corrected chi connectivity index (χ4v) is 2.84. The van der Waals surface area contributed by atoms with E-state index in [1.807, 2.05) is 6.92 Å². The van der Waals surface area contributed by atoms with Crippen LogP contribution in [0.25, 0.3) is 0 Å². The number of nitrogens with zero attached hydrogens (tertiary/aromatic N) is 2. The molecule has 7 heteroatoms. The van der Waals surface area contributed by atoms with Crippen molar-refractivity contribution in [2.24, 2.45) is 0 Å². The number of hydrogen-bond acceptors (Lipinski definition) is 3. The van der Waals surface area contributed by atoms with E-state index in [1.165, 1.54) is 0 Å². The van der Waals surface area contributed by atoms with E-state index in [4.69, 9.17) is 17.3 Å². The van der Waals surface area contributed by atoms with E-state index < -0.39 is 0 Å². The Morgan fingerprint density at radius 1 is 1.55 bits per heavy atom. The van der Waals surface area contributed by atoms with Crippen molar-refractivity contribution < 1.29 is 4.79 Å². The lowest BCUT2D eigenvalue weighted by Gasteiger charge is -2.09. The summed E-state index contributed by atoms with van der Waals surface area (Å²) in [5, 5.41) is 7.70. The number of amides is 1. The Bertz CT molecular complexity index is 669. The molecule has 0 aliphatic carbocycles. The lowest BCUT2D eigenvalue weighted by molar-refractivity contribution is 0.101. The molecule has 1 heterocycles. The summed E-state index contributed by atoms with van der Waals surface area (Å²) in [6.45, 7) is 4.28. The second kappa shape index (κ2) is 6.01.